The molecule has 0 radical (unpaired) electrons. The Labute approximate surface area is 162 Å². The molecule has 0 unspecified atom stereocenters. The molecule has 3 rings (SSSR count). The van der Waals surface area contributed by atoms with Gasteiger partial charge in [-0.2, -0.15) is 0 Å². The van der Waals surface area contributed by atoms with E-state index in [0.717, 1.165) is 5.56 Å². The van der Waals surface area contributed by atoms with Gasteiger partial charge in [-0.1, -0.05) is 23.7 Å². The zero-order valence-corrected chi connectivity index (χ0v) is 15.7. The van der Waals surface area contributed by atoms with Gasteiger partial charge in [-0.3, -0.25) is 4.79 Å². The molecule has 0 aromatic heterocycles. The highest BCUT2D eigenvalue weighted by atomic mass is 35.5. The maximum absolute atomic E-state index is 13.7. The van der Waals surface area contributed by atoms with Crippen LogP contribution in [0.15, 0.2) is 36.4 Å². The minimum absolute atomic E-state index is 0.0379. The predicted octanol–water partition coefficient (Wildman–Crippen LogP) is 4.35. The molecule has 0 saturated carbocycles. The number of benzene rings is 2. The third-order valence-corrected chi connectivity index (χ3v) is 4.81. The summed E-state index contributed by atoms with van der Waals surface area (Å²) in [6.07, 6.45) is -2.74. The van der Waals surface area contributed by atoms with E-state index in [1.54, 1.807) is 37.3 Å². The molecule has 0 spiro atoms. The maximum atomic E-state index is 13.7. The van der Waals surface area contributed by atoms with Crippen LogP contribution < -0.4 is 10.2 Å². The largest absolute Gasteiger partial charge is 0.378 e. The second-order valence-electron chi connectivity index (χ2n) is 6.44. The molecular formula is C20H21ClF2N2O2. The Bertz CT molecular complexity index is 806. The molecular weight excluding hydrogens is 374 g/mol. The smallest absolute Gasteiger partial charge is 0.264 e. The lowest BCUT2D eigenvalue weighted by Crippen LogP contribution is -2.36. The number of amides is 1. The zero-order chi connectivity index (χ0) is 19.4. The number of hydrogen-bond acceptors (Lipinski definition) is 3. The number of aryl methyl sites for hydroxylation is 1. The van der Waals surface area contributed by atoms with Gasteiger partial charge in [0.1, 0.15) is 0 Å². The highest BCUT2D eigenvalue weighted by Gasteiger charge is 2.23. The van der Waals surface area contributed by atoms with Gasteiger partial charge in [-0.05, 0) is 42.3 Å². The molecule has 0 bridgehead atoms. The summed E-state index contributed by atoms with van der Waals surface area (Å²) in [6.45, 7) is 4.34. The fraction of sp³-hybridized carbons (Fsp3) is 0.350. The van der Waals surface area contributed by atoms with Crippen LogP contribution in [-0.2, 0) is 11.3 Å². The summed E-state index contributed by atoms with van der Waals surface area (Å²) in [6, 6.07) is 10.2. The molecule has 1 aliphatic rings. The lowest BCUT2D eigenvalue weighted by atomic mass is 9.99. The summed E-state index contributed by atoms with van der Waals surface area (Å²) >= 11 is 5.84. The molecule has 144 valence electrons. The van der Waals surface area contributed by atoms with E-state index >= 15 is 0 Å². The van der Waals surface area contributed by atoms with Crippen molar-refractivity contribution in [2.75, 3.05) is 31.2 Å². The standard InChI is InChI=1S/C20H21ClF2N2O2/c1-13-10-16(25-6-8-27-9-7-25)11-17(19(22)23)18(13)20(26)24-12-14-2-4-15(21)5-3-14/h2-5,10-11,19H,6-9,12H2,1H3,(H,24,26). The highest BCUT2D eigenvalue weighted by Crippen LogP contribution is 2.31. The average molecular weight is 395 g/mol. The molecule has 27 heavy (non-hydrogen) atoms. The normalized spacial score (nSPS) is 14.5. The van der Waals surface area contributed by atoms with Crippen molar-refractivity contribution < 1.29 is 18.3 Å². The summed E-state index contributed by atoms with van der Waals surface area (Å²) in [7, 11) is 0. The number of carbonyl (C=O) groups is 1. The highest BCUT2D eigenvalue weighted by molar-refractivity contribution is 6.30. The van der Waals surface area contributed by atoms with Gasteiger partial charge in [0.2, 0.25) is 0 Å². The fourth-order valence-electron chi connectivity index (χ4n) is 3.15. The van der Waals surface area contributed by atoms with E-state index in [-0.39, 0.29) is 17.7 Å². The molecule has 1 amide bonds. The minimum atomic E-state index is -2.74. The van der Waals surface area contributed by atoms with Crippen molar-refractivity contribution >= 4 is 23.2 Å². The quantitative estimate of drug-likeness (QED) is 0.819. The van der Waals surface area contributed by atoms with Crippen molar-refractivity contribution in [3.05, 3.63) is 63.7 Å². The zero-order valence-electron chi connectivity index (χ0n) is 15.0. The van der Waals surface area contributed by atoms with E-state index in [1.165, 1.54) is 6.07 Å². The minimum Gasteiger partial charge on any atom is -0.378 e. The molecule has 7 heteroatoms. The van der Waals surface area contributed by atoms with Gasteiger partial charge in [0.25, 0.3) is 12.3 Å². The second kappa shape index (κ2) is 8.67. The third-order valence-electron chi connectivity index (χ3n) is 4.56. The van der Waals surface area contributed by atoms with Crippen LogP contribution >= 0.6 is 11.6 Å². The van der Waals surface area contributed by atoms with Crippen molar-refractivity contribution in [2.24, 2.45) is 0 Å². The van der Waals surface area contributed by atoms with Gasteiger partial charge in [-0.15, -0.1) is 0 Å². The van der Waals surface area contributed by atoms with Crippen LogP contribution in [0.2, 0.25) is 5.02 Å². The Balaban J connectivity index is 1.82. The number of carbonyl (C=O) groups excluding carboxylic acids is 1. The topological polar surface area (TPSA) is 41.6 Å². The molecule has 1 heterocycles. The van der Waals surface area contributed by atoms with Crippen LogP contribution in [0, 0.1) is 6.92 Å². The van der Waals surface area contributed by atoms with Gasteiger partial charge in [0, 0.05) is 35.9 Å². The van der Waals surface area contributed by atoms with Gasteiger partial charge in [0.15, 0.2) is 0 Å². The number of rotatable bonds is 5. The van der Waals surface area contributed by atoms with E-state index in [2.05, 4.69) is 5.32 Å². The van der Waals surface area contributed by atoms with E-state index in [0.29, 0.717) is 42.6 Å². The molecule has 2 aromatic carbocycles. The number of halogens is 3. The van der Waals surface area contributed by atoms with Gasteiger partial charge in [0.05, 0.1) is 18.8 Å². The summed E-state index contributed by atoms with van der Waals surface area (Å²) in [4.78, 5) is 14.6. The third kappa shape index (κ3) is 4.76. The van der Waals surface area contributed by atoms with Gasteiger partial charge in [-0.25, -0.2) is 8.78 Å². The first-order chi connectivity index (χ1) is 13.0. The van der Waals surface area contributed by atoms with Gasteiger partial charge >= 0.3 is 0 Å². The predicted molar refractivity (Wildman–Crippen MR) is 102 cm³/mol. The van der Waals surface area contributed by atoms with E-state index < -0.39 is 12.3 Å². The number of anilines is 1. The SMILES string of the molecule is Cc1cc(N2CCOCC2)cc(C(F)F)c1C(=O)NCc1ccc(Cl)cc1. The lowest BCUT2D eigenvalue weighted by Gasteiger charge is -2.30. The van der Waals surface area contributed by atoms with Crippen molar-refractivity contribution in [1.82, 2.24) is 5.32 Å². The molecule has 1 fully saturated rings. The first kappa shape index (κ1) is 19.6. The summed E-state index contributed by atoms with van der Waals surface area (Å²) in [5, 5.41) is 3.32. The number of morpholine rings is 1. The van der Waals surface area contributed by atoms with Crippen LogP contribution in [0.5, 0.6) is 0 Å². The van der Waals surface area contributed by atoms with Crippen LogP contribution in [0.25, 0.3) is 0 Å². The molecule has 4 nitrogen and oxygen atoms in total. The molecule has 1 aliphatic heterocycles. The average Bonchev–Trinajstić information content (AvgIpc) is 2.67. The Morgan fingerprint density at radius 1 is 1.22 bits per heavy atom. The van der Waals surface area contributed by atoms with Crippen LogP contribution in [0.3, 0.4) is 0 Å². The monoisotopic (exact) mass is 394 g/mol. The van der Waals surface area contributed by atoms with E-state index in [1.807, 2.05) is 4.90 Å². The van der Waals surface area contributed by atoms with Crippen molar-refractivity contribution in [2.45, 2.75) is 19.9 Å². The molecule has 1 saturated heterocycles. The molecule has 0 atom stereocenters. The second-order valence-corrected chi connectivity index (χ2v) is 6.87. The number of hydrogen-bond donors (Lipinski definition) is 1. The summed E-state index contributed by atoms with van der Waals surface area (Å²) in [5.74, 6) is -0.508. The number of alkyl halides is 2. The lowest BCUT2D eigenvalue weighted by molar-refractivity contribution is 0.0936. The molecule has 0 aliphatic carbocycles. The Morgan fingerprint density at radius 3 is 2.52 bits per heavy atom. The summed E-state index contributed by atoms with van der Waals surface area (Å²) < 4.78 is 32.7. The Morgan fingerprint density at radius 2 is 1.89 bits per heavy atom. The van der Waals surface area contributed by atoms with E-state index in [9.17, 15) is 13.6 Å². The van der Waals surface area contributed by atoms with Crippen molar-refractivity contribution in [1.29, 1.82) is 0 Å². The van der Waals surface area contributed by atoms with E-state index in [4.69, 9.17) is 16.3 Å². The summed E-state index contributed by atoms with van der Waals surface area (Å²) in [5.41, 5.74) is 1.86. The Kier molecular flexibility index (Phi) is 6.29. The fourth-order valence-corrected chi connectivity index (χ4v) is 3.28. The maximum Gasteiger partial charge on any atom is 0.264 e. The van der Waals surface area contributed by atoms with Crippen molar-refractivity contribution in [3.8, 4) is 0 Å². The van der Waals surface area contributed by atoms with Crippen LogP contribution in [0.4, 0.5) is 14.5 Å². The first-order valence-corrected chi connectivity index (χ1v) is 9.11. The van der Waals surface area contributed by atoms with Crippen LogP contribution in [0.1, 0.15) is 33.5 Å². The Hall–Kier alpha value is -2.18. The number of nitrogens with zero attached hydrogens (tertiary/aromatic N) is 1. The van der Waals surface area contributed by atoms with Crippen LogP contribution in [-0.4, -0.2) is 32.2 Å². The van der Waals surface area contributed by atoms with Gasteiger partial charge < -0.3 is 15.0 Å². The van der Waals surface area contributed by atoms with Crippen molar-refractivity contribution in [3.63, 3.8) is 0 Å². The first-order valence-electron chi connectivity index (χ1n) is 8.73. The number of ether oxygens (including phenoxy) is 1. The number of nitrogens with one attached hydrogen (secondary N) is 1. The molecule has 1 N–H and O–H groups in total. The molecule has 2 aromatic rings.